The van der Waals surface area contributed by atoms with E-state index in [4.69, 9.17) is 31.5 Å². The van der Waals surface area contributed by atoms with E-state index in [0.717, 1.165) is 43.9 Å². The minimum atomic E-state index is -1.51. The van der Waals surface area contributed by atoms with Gasteiger partial charge >= 0.3 is 5.97 Å². The van der Waals surface area contributed by atoms with Crippen molar-refractivity contribution in [3.63, 3.8) is 0 Å². The fourth-order valence-electron chi connectivity index (χ4n) is 5.26. The summed E-state index contributed by atoms with van der Waals surface area (Å²) in [7, 11) is 1.49. The number of aliphatic hydroxyl groups excluding tert-OH is 3. The summed E-state index contributed by atoms with van der Waals surface area (Å²) in [6.45, 7) is 3.87. The summed E-state index contributed by atoms with van der Waals surface area (Å²) in [5.74, 6) is -0.115. The Labute approximate surface area is 238 Å². The van der Waals surface area contributed by atoms with Crippen LogP contribution in [0.3, 0.4) is 0 Å². The van der Waals surface area contributed by atoms with Gasteiger partial charge in [0.15, 0.2) is 0 Å². The number of hydrogen-bond acceptors (Lipinski definition) is 10. The molecule has 1 saturated carbocycles. The average molecular weight is 589 g/mol. The van der Waals surface area contributed by atoms with Gasteiger partial charge in [0.2, 0.25) is 5.91 Å². The molecule has 0 spiro atoms. The smallest absolute Gasteiger partial charge is 0.339 e. The Balaban J connectivity index is 1.60. The van der Waals surface area contributed by atoms with Gasteiger partial charge in [0.1, 0.15) is 36.5 Å². The number of aliphatic hydroxyl groups is 3. The molecule has 9 atom stereocenters. The second-order valence-corrected chi connectivity index (χ2v) is 11.9. The highest BCUT2D eigenvalue weighted by Crippen LogP contribution is 2.35. The maximum Gasteiger partial charge on any atom is 0.339 e. The normalized spacial score (nSPS) is 30.5. The van der Waals surface area contributed by atoms with Gasteiger partial charge in [0, 0.05) is 24.5 Å². The molecule has 0 aromatic heterocycles. The van der Waals surface area contributed by atoms with E-state index in [9.17, 15) is 24.9 Å². The first kappa shape index (κ1) is 31.9. The largest absolute Gasteiger partial charge is 0.461 e. The van der Waals surface area contributed by atoms with Gasteiger partial charge in [-0.25, -0.2) is 4.79 Å². The van der Waals surface area contributed by atoms with Crippen molar-refractivity contribution in [2.45, 2.75) is 87.9 Å². The maximum atomic E-state index is 13.2. The van der Waals surface area contributed by atoms with Crippen LogP contribution in [0, 0.1) is 11.8 Å². The van der Waals surface area contributed by atoms with Crippen molar-refractivity contribution in [3.8, 4) is 0 Å². The number of halogens is 1. The van der Waals surface area contributed by atoms with Gasteiger partial charge < -0.3 is 40.6 Å². The van der Waals surface area contributed by atoms with E-state index >= 15 is 0 Å². The zero-order valence-electron chi connectivity index (χ0n) is 22.6. The minimum Gasteiger partial charge on any atom is -0.461 e. The van der Waals surface area contributed by atoms with Crippen LogP contribution in [-0.2, 0) is 19.0 Å². The van der Waals surface area contributed by atoms with Crippen molar-refractivity contribution < 1.29 is 39.1 Å². The Kier molecular flexibility index (Phi) is 12.2. The highest BCUT2D eigenvalue weighted by atomic mass is 35.5. The summed E-state index contributed by atoms with van der Waals surface area (Å²) in [6, 6.07) is 3.71. The number of nitrogens with one attached hydrogen (secondary N) is 1. The second-order valence-electron chi connectivity index (χ2n) is 10.3. The molecule has 1 heterocycles. The molecule has 1 aliphatic heterocycles. The summed E-state index contributed by atoms with van der Waals surface area (Å²) >= 11 is 7.18. The van der Waals surface area contributed by atoms with Crippen LogP contribution in [0.1, 0.15) is 56.3 Å². The quantitative estimate of drug-likeness (QED) is 0.139. The third-order valence-electron chi connectivity index (χ3n) is 7.57. The van der Waals surface area contributed by atoms with E-state index in [1.165, 1.54) is 19.2 Å². The minimum absolute atomic E-state index is 0.0185. The third kappa shape index (κ3) is 8.22. The number of carbonyl (C=O) groups excluding carboxylic acids is 2. The second kappa shape index (κ2) is 14.9. The molecule has 2 aliphatic rings. The Morgan fingerprint density at radius 1 is 1.23 bits per heavy atom. The van der Waals surface area contributed by atoms with Gasteiger partial charge in [-0.05, 0) is 50.3 Å². The molecule has 2 fully saturated rings. The zero-order chi connectivity index (χ0) is 28.7. The van der Waals surface area contributed by atoms with E-state index in [2.05, 4.69) is 12.2 Å². The average Bonchev–Trinajstić information content (AvgIpc) is 3.38. The molecule has 1 saturated heterocycles. The summed E-state index contributed by atoms with van der Waals surface area (Å²) < 4.78 is 16.8. The third-order valence-corrected chi connectivity index (χ3v) is 9.00. The van der Waals surface area contributed by atoms with Crippen LogP contribution in [-0.4, -0.2) is 88.7 Å². The Morgan fingerprint density at radius 2 is 1.97 bits per heavy atom. The highest BCUT2D eigenvalue weighted by Gasteiger charge is 2.49. The molecule has 39 heavy (non-hydrogen) atoms. The Bertz CT molecular complexity index is 972. The van der Waals surface area contributed by atoms with Crippen molar-refractivity contribution in [2.75, 3.05) is 25.2 Å². The number of anilines is 1. The van der Waals surface area contributed by atoms with Crippen LogP contribution in [0.2, 0.25) is 5.02 Å². The van der Waals surface area contributed by atoms with Crippen LogP contribution >= 0.6 is 23.4 Å². The van der Waals surface area contributed by atoms with Gasteiger partial charge in [-0.3, -0.25) is 4.79 Å². The van der Waals surface area contributed by atoms with E-state index in [1.54, 1.807) is 13.0 Å². The number of thioether (sulfide) groups is 1. The molecule has 1 aliphatic carbocycles. The van der Waals surface area contributed by atoms with Gasteiger partial charge in [-0.2, -0.15) is 0 Å². The molecule has 1 amide bonds. The fraction of sp³-hybridized carbons (Fsp3) is 0.704. The van der Waals surface area contributed by atoms with Crippen molar-refractivity contribution >= 4 is 40.9 Å². The molecule has 1 aromatic carbocycles. The summed E-state index contributed by atoms with van der Waals surface area (Å²) in [5, 5.41) is 35.2. The fourth-order valence-corrected chi connectivity index (χ4v) is 6.50. The molecular formula is C27H41ClN2O8S. The lowest BCUT2D eigenvalue weighted by Crippen LogP contribution is -2.65. The van der Waals surface area contributed by atoms with Crippen molar-refractivity contribution in [2.24, 2.45) is 11.8 Å². The topological polar surface area (TPSA) is 161 Å². The van der Waals surface area contributed by atoms with Crippen LogP contribution in [0.25, 0.3) is 0 Å². The summed E-state index contributed by atoms with van der Waals surface area (Å²) in [5.41, 5.74) is 5.31. The van der Waals surface area contributed by atoms with Gasteiger partial charge in [0.25, 0.3) is 0 Å². The number of methoxy groups -OCH3 is 1. The number of nitrogens with two attached hydrogens (primary N) is 1. The molecular weight excluding hydrogens is 548 g/mol. The number of benzene rings is 1. The molecule has 220 valence electrons. The molecule has 3 rings (SSSR count). The van der Waals surface area contributed by atoms with Crippen molar-refractivity contribution in [3.05, 3.63) is 28.8 Å². The van der Waals surface area contributed by atoms with Gasteiger partial charge in [-0.1, -0.05) is 31.4 Å². The molecule has 0 unspecified atom stereocenters. The summed E-state index contributed by atoms with van der Waals surface area (Å²) in [6.07, 6.45) is -1.14. The van der Waals surface area contributed by atoms with Gasteiger partial charge in [0.05, 0.1) is 22.7 Å². The van der Waals surface area contributed by atoms with E-state index < -0.39 is 48.0 Å². The Hall–Kier alpha value is -1.60. The Morgan fingerprint density at radius 3 is 2.64 bits per heavy atom. The lowest BCUT2D eigenvalue weighted by molar-refractivity contribution is -0.212. The molecule has 6 N–H and O–H groups in total. The lowest BCUT2D eigenvalue weighted by Gasteiger charge is -2.44. The van der Waals surface area contributed by atoms with E-state index in [0.29, 0.717) is 11.6 Å². The van der Waals surface area contributed by atoms with Crippen molar-refractivity contribution in [1.82, 2.24) is 5.32 Å². The number of nitrogen functional groups attached to an aromatic ring is 1. The highest BCUT2D eigenvalue weighted by molar-refractivity contribution is 7.99. The molecule has 12 heteroatoms. The predicted octanol–water partition coefficient (Wildman–Crippen LogP) is 2.36. The predicted molar refractivity (Wildman–Crippen MR) is 149 cm³/mol. The van der Waals surface area contributed by atoms with Crippen LogP contribution in [0.5, 0.6) is 0 Å². The standard InChI is InChI=1S/C27H41ClN2O8S/c1-4-5-15-6-7-16(12-15)25(34)30-20(14(2)36-3)24-22(32)21(31)23(33)27(38-24)39-11-10-37-26(35)18-9-8-17(29)13-19(18)28/h8-9,13-16,20-24,27,31-33H,4-7,10-12,29H2,1-3H3,(H,30,34)/t14-,15+,16+,20-,21+,22-,23-,24-,27-/m1/s1. The monoisotopic (exact) mass is 588 g/mol. The first-order valence-electron chi connectivity index (χ1n) is 13.4. The van der Waals surface area contributed by atoms with Crippen molar-refractivity contribution in [1.29, 1.82) is 0 Å². The van der Waals surface area contributed by atoms with Crippen LogP contribution in [0.4, 0.5) is 5.69 Å². The first-order valence-corrected chi connectivity index (χ1v) is 14.9. The maximum absolute atomic E-state index is 13.2. The number of amides is 1. The number of rotatable bonds is 12. The van der Waals surface area contributed by atoms with E-state index in [1.807, 2.05) is 0 Å². The van der Waals surface area contributed by atoms with Crippen LogP contribution < -0.4 is 11.1 Å². The molecule has 0 bridgehead atoms. The number of esters is 1. The number of hydrogen-bond donors (Lipinski definition) is 5. The summed E-state index contributed by atoms with van der Waals surface area (Å²) in [4.78, 5) is 25.5. The molecule has 1 aromatic rings. The molecule has 10 nitrogen and oxygen atoms in total. The van der Waals surface area contributed by atoms with E-state index in [-0.39, 0.29) is 34.8 Å². The van der Waals surface area contributed by atoms with Gasteiger partial charge in [-0.15, -0.1) is 11.8 Å². The lowest BCUT2D eigenvalue weighted by atomic mass is 9.91. The first-order chi connectivity index (χ1) is 18.6. The SMILES string of the molecule is CCC[C@H]1CC[C@H](C(=O)N[C@@H]([C@H]2O[C@H](SCCOC(=O)c3ccc(N)cc3Cl)[C@H](O)[C@@H](O)[C@H]2O)[C@@H](C)OC)C1. The number of carbonyl (C=O) groups is 2. The van der Waals surface area contributed by atoms with Crippen LogP contribution in [0.15, 0.2) is 18.2 Å². The zero-order valence-corrected chi connectivity index (χ0v) is 24.2. The number of ether oxygens (including phenoxy) is 3. The molecule has 0 radical (unpaired) electrons.